The van der Waals surface area contributed by atoms with Crippen LogP contribution in [0.15, 0.2) is 0 Å². The number of amides is 11. The molecule has 0 aliphatic carbocycles. The molecule has 1 heterocycles. The van der Waals surface area contributed by atoms with Crippen LogP contribution in [0.25, 0.3) is 0 Å². The van der Waals surface area contributed by atoms with Gasteiger partial charge in [0.25, 0.3) is 0 Å². The molecule has 1 aliphatic heterocycles. The zero-order valence-corrected chi connectivity index (χ0v) is 56.8. The summed E-state index contributed by atoms with van der Waals surface area (Å²) in [5, 5.41) is 26.4. The second-order valence-corrected chi connectivity index (χ2v) is 26.4. The smallest absolute Gasteiger partial charge is 0.246 e. The van der Waals surface area contributed by atoms with Crippen LogP contribution in [0, 0.1) is 41.4 Å². The van der Waals surface area contributed by atoms with Gasteiger partial charge in [-0.15, -0.1) is 0 Å². The number of hydrogen-bond acceptors (Lipinski definition) is 13. The standard InChI is InChI=1S/C62H114N12O12/c1-25-43-58(82)68(18)33-48(75)69(19)44(29-34(3)4)55(79)67-49(38(11)12)61(85)70(20)45(30-35(5)6)54(78)64-41(16)53(77)65-42(17)57(81)71(21)46(31-36(7)8)59(83)72(22)47(32-37(9)10)60(84)73(23)50(39(13)14)62(86)74(24)51(56(80)66-43)52(76)40(15)27-28-63-26-2/h34-47,49-52,63,76H,25-33H2,1-24H3,(H,64,78)(H,65,77)(H,66,80)(H,67,79). The fourth-order valence-corrected chi connectivity index (χ4v) is 10.9. The first-order chi connectivity index (χ1) is 39.7. The highest BCUT2D eigenvalue weighted by Crippen LogP contribution is 2.25. The molecule has 1 fully saturated rings. The quantitative estimate of drug-likeness (QED) is 0.114. The van der Waals surface area contributed by atoms with Gasteiger partial charge in [-0.1, -0.05) is 104 Å². The van der Waals surface area contributed by atoms with Crippen molar-refractivity contribution >= 4 is 65.0 Å². The Bertz CT molecular complexity index is 2300. The van der Waals surface area contributed by atoms with E-state index in [0.29, 0.717) is 19.5 Å². The molecular formula is C62H114N12O12. The maximum Gasteiger partial charge on any atom is 0.246 e. The van der Waals surface area contributed by atoms with Crippen molar-refractivity contribution in [3.63, 3.8) is 0 Å². The first-order valence-corrected chi connectivity index (χ1v) is 31.2. The van der Waals surface area contributed by atoms with E-state index in [0.717, 1.165) is 9.80 Å². The topological polar surface area (TPSA) is 291 Å². The van der Waals surface area contributed by atoms with Crippen LogP contribution < -0.4 is 26.6 Å². The van der Waals surface area contributed by atoms with E-state index < -0.39 is 156 Å². The van der Waals surface area contributed by atoms with Crippen molar-refractivity contribution in [2.75, 3.05) is 69.0 Å². The maximum absolute atomic E-state index is 15.2. The zero-order valence-electron chi connectivity index (χ0n) is 56.8. The minimum absolute atomic E-state index is 0.0247. The monoisotopic (exact) mass is 1220 g/mol. The Hall–Kier alpha value is -5.91. The third-order valence-electron chi connectivity index (χ3n) is 16.4. The summed E-state index contributed by atoms with van der Waals surface area (Å²) in [7, 11) is 9.94. The van der Waals surface area contributed by atoms with Crippen LogP contribution in [0.2, 0.25) is 0 Å². The van der Waals surface area contributed by atoms with Crippen molar-refractivity contribution in [3.05, 3.63) is 0 Å². The van der Waals surface area contributed by atoms with Gasteiger partial charge in [-0.25, -0.2) is 0 Å². The van der Waals surface area contributed by atoms with Crippen molar-refractivity contribution in [1.29, 1.82) is 0 Å². The lowest BCUT2D eigenvalue weighted by molar-refractivity contribution is -0.157. The van der Waals surface area contributed by atoms with E-state index in [1.165, 1.54) is 87.7 Å². The molecule has 0 aromatic heterocycles. The van der Waals surface area contributed by atoms with E-state index in [4.69, 9.17) is 0 Å². The second-order valence-electron chi connectivity index (χ2n) is 26.4. The lowest BCUT2D eigenvalue weighted by Gasteiger charge is -2.41. The molecule has 0 bridgehead atoms. The van der Waals surface area contributed by atoms with E-state index in [1.54, 1.807) is 41.5 Å². The molecule has 24 nitrogen and oxygen atoms in total. The number of carbonyl (C=O) groups is 11. The summed E-state index contributed by atoms with van der Waals surface area (Å²) in [4.78, 5) is 169. The Labute approximate surface area is 515 Å². The van der Waals surface area contributed by atoms with Gasteiger partial charge in [-0.3, -0.25) is 52.7 Å². The summed E-state index contributed by atoms with van der Waals surface area (Å²) in [6.07, 6.45) is -0.453. The number of aliphatic hydroxyl groups excluding tert-OH is 1. The van der Waals surface area contributed by atoms with Crippen LogP contribution in [0.1, 0.15) is 156 Å². The van der Waals surface area contributed by atoms with E-state index in [9.17, 15) is 48.3 Å². The van der Waals surface area contributed by atoms with Crippen molar-refractivity contribution in [3.8, 4) is 0 Å². The zero-order chi connectivity index (χ0) is 66.7. The molecule has 0 saturated carbocycles. The van der Waals surface area contributed by atoms with Crippen molar-refractivity contribution < 1.29 is 57.8 Å². The van der Waals surface area contributed by atoms with Crippen LogP contribution in [0.3, 0.4) is 0 Å². The molecule has 12 unspecified atom stereocenters. The van der Waals surface area contributed by atoms with Crippen LogP contribution in [0.5, 0.6) is 0 Å². The van der Waals surface area contributed by atoms with Gasteiger partial charge < -0.3 is 66.0 Å². The van der Waals surface area contributed by atoms with Gasteiger partial charge in [-0.2, -0.15) is 0 Å². The van der Waals surface area contributed by atoms with Gasteiger partial charge in [0.1, 0.15) is 60.4 Å². The van der Waals surface area contributed by atoms with Gasteiger partial charge >= 0.3 is 0 Å². The number of carbonyl (C=O) groups excluding carboxylic acids is 11. The maximum atomic E-state index is 15.2. The minimum Gasteiger partial charge on any atom is -0.390 e. The Morgan fingerprint density at radius 1 is 0.453 bits per heavy atom. The first kappa shape index (κ1) is 78.1. The number of nitrogens with one attached hydrogen (secondary N) is 5. The van der Waals surface area contributed by atoms with Crippen LogP contribution >= 0.6 is 0 Å². The molecule has 1 aliphatic rings. The number of rotatable bonds is 17. The van der Waals surface area contributed by atoms with Crippen LogP contribution in [-0.4, -0.2) is 240 Å². The van der Waals surface area contributed by atoms with Crippen molar-refractivity contribution in [1.82, 2.24) is 60.9 Å². The molecule has 0 aromatic rings. The van der Waals surface area contributed by atoms with Crippen molar-refractivity contribution in [2.45, 2.75) is 223 Å². The number of likely N-dealkylation sites (N-methyl/N-ethyl adjacent to an activating group) is 7. The fraction of sp³-hybridized carbons (Fsp3) is 0.823. The summed E-state index contributed by atoms with van der Waals surface area (Å²) in [5.41, 5.74) is 0. The molecule has 0 spiro atoms. The van der Waals surface area contributed by atoms with E-state index >= 15 is 9.59 Å². The summed E-state index contributed by atoms with van der Waals surface area (Å²) >= 11 is 0. The molecule has 12 atom stereocenters. The van der Waals surface area contributed by atoms with E-state index in [-0.39, 0.29) is 55.8 Å². The lowest BCUT2D eigenvalue weighted by atomic mass is 9.91. The summed E-state index contributed by atoms with van der Waals surface area (Å²) < 4.78 is 0. The predicted molar refractivity (Wildman–Crippen MR) is 332 cm³/mol. The molecular weight excluding hydrogens is 1100 g/mol. The minimum atomic E-state index is -1.60. The van der Waals surface area contributed by atoms with E-state index in [1.807, 2.05) is 62.3 Å². The highest BCUT2D eigenvalue weighted by atomic mass is 16.3. The van der Waals surface area contributed by atoms with Crippen LogP contribution in [-0.2, 0) is 52.7 Å². The Balaban J connectivity index is 4.32. The second kappa shape index (κ2) is 35.8. The SMILES string of the molecule is CCNCCC(C)C(O)C1C(=O)NC(CC)C(=O)N(C)CC(=O)N(C)C(CC(C)C)C(=O)NC(C(C)C)C(=O)N(C)C(CC(C)C)C(=O)NC(C)C(=O)NC(C)C(=O)N(C)C(CC(C)C)C(=O)N(C)C(CC(C)C)C(=O)N(C)C(C(C)C)C(=O)N1C. The average Bonchev–Trinajstić information content (AvgIpc) is 3.63. The molecule has 494 valence electrons. The highest BCUT2D eigenvalue weighted by molar-refractivity contribution is 5.99. The van der Waals surface area contributed by atoms with Crippen molar-refractivity contribution in [2.24, 2.45) is 41.4 Å². The van der Waals surface area contributed by atoms with Crippen LogP contribution in [0.4, 0.5) is 0 Å². The molecule has 1 saturated heterocycles. The Kier molecular flexibility index (Phi) is 32.5. The normalized spacial score (nSPS) is 26.6. The number of hydrogen-bond donors (Lipinski definition) is 6. The Morgan fingerprint density at radius 3 is 1.33 bits per heavy atom. The van der Waals surface area contributed by atoms with Gasteiger partial charge in [0.2, 0.25) is 65.0 Å². The fourth-order valence-electron chi connectivity index (χ4n) is 10.9. The van der Waals surface area contributed by atoms with E-state index in [2.05, 4.69) is 26.6 Å². The largest absolute Gasteiger partial charge is 0.390 e. The Morgan fingerprint density at radius 2 is 0.872 bits per heavy atom. The molecule has 0 radical (unpaired) electrons. The molecule has 6 N–H and O–H groups in total. The first-order valence-electron chi connectivity index (χ1n) is 31.2. The average molecular weight is 1220 g/mol. The van der Waals surface area contributed by atoms with Gasteiger partial charge in [0, 0.05) is 49.3 Å². The van der Waals surface area contributed by atoms with Gasteiger partial charge in [0.05, 0.1) is 12.6 Å². The number of nitrogens with zero attached hydrogens (tertiary/aromatic N) is 7. The lowest BCUT2D eigenvalue weighted by Crippen LogP contribution is -2.63. The summed E-state index contributed by atoms with van der Waals surface area (Å²) in [6, 6.07) is -12.3. The summed E-state index contributed by atoms with van der Waals surface area (Å²) in [6.45, 7) is 30.6. The highest BCUT2D eigenvalue weighted by Gasteiger charge is 2.46. The van der Waals surface area contributed by atoms with Gasteiger partial charge in [0.15, 0.2) is 0 Å². The third kappa shape index (κ3) is 22.0. The predicted octanol–water partition coefficient (Wildman–Crippen LogP) is 2.30. The molecule has 24 heteroatoms. The third-order valence-corrected chi connectivity index (χ3v) is 16.4. The number of aliphatic hydroxyl groups is 1. The molecule has 0 aromatic carbocycles. The molecule has 11 amide bonds. The molecule has 1 rings (SSSR count). The summed E-state index contributed by atoms with van der Waals surface area (Å²) in [5.74, 6) is -9.66. The van der Waals surface area contributed by atoms with Gasteiger partial charge in [-0.05, 0) is 107 Å². The molecule has 86 heavy (non-hydrogen) atoms.